The van der Waals surface area contributed by atoms with E-state index in [4.69, 9.17) is 4.74 Å². The zero-order chi connectivity index (χ0) is 28.1. The fourth-order valence-electron chi connectivity index (χ4n) is 4.86. The number of pyridine rings is 1. The van der Waals surface area contributed by atoms with Gasteiger partial charge in [0, 0.05) is 29.9 Å². The molecule has 0 fully saturated rings. The number of halogens is 3. The number of hydrogen-bond acceptors (Lipinski definition) is 4. The first kappa shape index (κ1) is 28.5. The molecule has 1 atom stereocenters. The Kier molecular flexibility index (Phi) is 9.20. The number of aromatic nitrogens is 1. The Hall–Kier alpha value is -3.49. The Balaban J connectivity index is 1.79. The minimum Gasteiger partial charge on any atom is -0.494 e. The third-order valence-corrected chi connectivity index (χ3v) is 8.20. The van der Waals surface area contributed by atoms with Gasteiger partial charge < -0.3 is 10.1 Å². The Morgan fingerprint density at radius 3 is 2.62 bits per heavy atom. The molecule has 8 heteroatoms. The lowest BCUT2D eigenvalue weighted by Gasteiger charge is -2.21. The van der Waals surface area contributed by atoms with Crippen molar-refractivity contribution in [3.8, 4) is 16.9 Å². The summed E-state index contributed by atoms with van der Waals surface area (Å²) >= 11 is 1.46. The van der Waals surface area contributed by atoms with Gasteiger partial charge in [-0.2, -0.15) is 0 Å². The van der Waals surface area contributed by atoms with E-state index in [0.29, 0.717) is 35.0 Å². The van der Waals surface area contributed by atoms with E-state index in [1.807, 2.05) is 18.2 Å². The van der Waals surface area contributed by atoms with E-state index in [1.54, 1.807) is 17.6 Å². The largest absolute Gasteiger partial charge is 0.494 e. The standard InChI is InChI=1S/C31H31F3N2O2S/c1-5-26(33)25(20(3)32)16-24-19(2)28(23-12-9-13-27(38-4)29(23)34)30(37)36-22(18-39-31(24)36)17-35-15-14-21-10-7-6-8-11-21/h5-13,22,35H,1,3,14-18H2,2,4H3/b26-25+. The van der Waals surface area contributed by atoms with Crippen molar-refractivity contribution < 1.29 is 17.9 Å². The van der Waals surface area contributed by atoms with Gasteiger partial charge in [0.05, 0.1) is 23.7 Å². The maximum Gasteiger partial charge on any atom is 0.260 e. The fourth-order valence-corrected chi connectivity index (χ4v) is 6.25. The summed E-state index contributed by atoms with van der Waals surface area (Å²) in [7, 11) is 1.35. The molecule has 0 bridgehead atoms. The van der Waals surface area contributed by atoms with Gasteiger partial charge in [0.2, 0.25) is 0 Å². The van der Waals surface area contributed by atoms with E-state index in [2.05, 4.69) is 30.6 Å². The summed E-state index contributed by atoms with van der Waals surface area (Å²) in [4.78, 5) is 14.0. The van der Waals surface area contributed by atoms with Crippen LogP contribution in [0.5, 0.6) is 5.75 Å². The summed E-state index contributed by atoms with van der Waals surface area (Å²) in [6.45, 7) is 9.61. The van der Waals surface area contributed by atoms with Crippen molar-refractivity contribution >= 4 is 11.8 Å². The van der Waals surface area contributed by atoms with Crippen LogP contribution in [0.1, 0.15) is 22.7 Å². The molecule has 1 N–H and O–H groups in total. The first-order valence-corrected chi connectivity index (χ1v) is 13.6. The maximum absolute atomic E-state index is 15.4. The first-order valence-electron chi connectivity index (χ1n) is 12.6. The van der Waals surface area contributed by atoms with Crippen molar-refractivity contribution in [1.29, 1.82) is 0 Å². The topological polar surface area (TPSA) is 43.3 Å². The van der Waals surface area contributed by atoms with Crippen molar-refractivity contribution in [1.82, 2.24) is 9.88 Å². The second kappa shape index (κ2) is 12.6. The van der Waals surface area contributed by atoms with E-state index in [9.17, 15) is 13.6 Å². The number of hydrogen-bond donors (Lipinski definition) is 1. The van der Waals surface area contributed by atoms with E-state index in [-0.39, 0.29) is 40.5 Å². The highest BCUT2D eigenvalue weighted by atomic mass is 32.2. The van der Waals surface area contributed by atoms with Crippen LogP contribution in [-0.4, -0.2) is 30.5 Å². The highest BCUT2D eigenvalue weighted by Gasteiger charge is 2.32. The summed E-state index contributed by atoms with van der Waals surface area (Å²) in [5.41, 5.74) is 1.82. The summed E-state index contributed by atoms with van der Waals surface area (Å²) in [6.07, 6.45) is 1.60. The molecular weight excluding hydrogens is 521 g/mol. The van der Waals surface area contributed by atoms with E-state index < -0.39 is 17.5 Å². The SMILES string of the molecule is C=C/C(F)=C(/Cc1c(C)c(-c2cccc(OC)c2F)c(=O)n2c1SCC2CNCCc1ccccc1)C(=C)F. The molecule has 0 spiro atoms. The number of rotatable bonds is 11. The zero-order valence-corrected chi connectivity index (χ0v) is 22.8. The Morgan fingerprint density at radius 1 is 1.21 bits per heavy atom. The van der Waals surface area contributed by atoms with Gasteiger partial charge in [0.25, 0.3) is 5.56 Å². The molecule has 1 aliphatic heterocycles. The van der Waals surface area contributed by atoms with Gasteiger partial charge >= 0.3 is 0 Å². The highest BCUT2D eigenvalue weighted by Crippen LogP contribution is 2.41. The molecule has 0 radical (unpaired) electrons. The molecule has 204 valence electrons. The number of nitrogens with one attached hydrogen (secondary N) is 1. The molecule has 0 saturated carbocycles. The van der Waals surface area contributed by atoms with Crippen molar-refractivity contribution in [3.63, 3.8) is 0 Å². The van der Waals surface area contributed by atoms with Gasteiger partial charge in [-0.15, -0.1) is 11.8 Å². The predicted octanol–water partition coefficient (Wildman–Crippen LogP) is 6.89. The van der Waals surface area contributed by atoms with Gasteiger partial charge in [-0.3, -0.25) is 9.36 Å². The molecule has 0 amide bonds. The molecule has 3 aromatic rings. The molecule has 4 nitrogen and oxygen atoms in total. The van der Waals surface area contributed by atoms with Gasteiger partial charge in [-0.25, -0.2) is 13.2 Å². The summed E-state index contributed by atoms with van der Waals surface area (Å²) in [6, 6.07) is 14.4. The lowest BCUT2D eigenvalue weighted by atomic mass is 9.93. The van der Waals surface area contributed by atoms with Crippen molar-refractivity contribution in [2.75, 3.05) is 26.0 Å². The third-order valence-electron chi connectivity index (χ3n) is 6.93. The minimum absolute atomic E-state index is 0.00211. The third kappa shape index (κ3) is 5.92. The quantitative estimate of drug-likeness (QED) is 0.208. The average molecular weight is 553 g/mol. The smallest absolute Gasteiger partial charge is 0.260 e. The summed E-state index contributed by atoms with van der Waals surface area (Å²) in [5, 5.41) is 4.05. The first-order chi connectivity index (χ1) is 18.8. The van der Waals surface area contributed by atoms with E-state index in [0.717, 1.165) is 12.5 Å². The number of methoxy groups -OCH3 is 1. The predicted molar refractivity (Wildman–Crippen MR) is 152 cm³/mol. The van der Waals surface area contributed by atoms with Gasteiger partial charge in [-0.05, 0) is 48.7 Å². The molecule has 1 aromatic heterocycles. The molecule has 1 unspecified atom stereocenters. The average Bonchev–Trinajstić information content (AvgIpc) is 3.36. The number of ether oxygens (including phenoxy) is 1. The molecule has 4 rings (SSSR count). The monoisotopic (exact) mass is 552 g/mol. The van der Waals surface area contributed by atoms with Crippen molar-refractivity contribution in [3.05, 3.63) is 118 Å². The van der Waals surface area contributed by atoms with Crippen LogP contribution in [0.2, 0.25) is 0 Å². The van der Waals surface area contributed by atoms with E-state index >= 15 is 4.39 Å². The number of fused-ring (bicyclic) bond motifs is 1. The Morgan fingerprint density at radius 2 is 1.95 bits per heavy atom. The lowest BCUT2D eigenvalue weighted by molar-refractivity contribution is 0.387. The van der Waals surface area contributed by atoms with Crippen LogP contribution in [0.3, 0.4) is 0 Å². The normalized spacial score (nSPS) is 15.1. The van der Waals surface area contributed by atoms with Crippen LogP contribution < -0.4 is 15.6 Å². The lowest BCUT2D eigenvalue weighted by Crippen LogP contribution is -2.34. The van der Waals surface area contributed by atoms with Crippen LogP contribution in [0.25, 0.3) is 11.1 Å². The molecule has 0 aliphatic carbocycles. The molecule has 1 aliphatic rings. The molecule has 0 saturated heterocycles. The van der Waals surface area contributed by atoms with Crippen LogP contribution in [0.15, 0.2) is 94.8 Å². The van der Waals surface area contributed by atoms with Crippen LogP contribution in [0, 0.1) is 12.7 Å². The minimum atomic E-state index is -0.923. The number of allylic oxidation sites excluding steroid dienone is 4. The summed E-state index contributed by atoms with van der Waals surface area (Å²) < 4.78 is 51.2. The molecule has 2 heterocycles. The van der Waals surface area contributed by atoms with Crippen LogP contribution in [-0.2, 0) is 12.8 Å². The number of benzene rings is 2. The Labute approximate surface area is 230 Å². The summed E-state index contributed by atoms with van der Waals surface area (Å²) in [5.74, 6) is -1.83. The fraction of sp³-hybridized carbons (Fsp3) is 0.258. The maximum atomic E-state index is 15.4. The van der Waals surface area contributed by atoms with Gasteiger partial charge in [0.1, 0.15) is 11.7 Å². The molecular formula is C31H31F3N2O2S. The molecule has 39 heavy (non-hydrogen) atoms. The van der Waals surface area contributed by atoms with Crippen LogP contribution in [0.4, 0.5) is 13.2 Å². The van der Waals surface area contributed by atoms with E-state index in [1.165, 1.54) is 36.6 Å². The Bertz CT molecular complexity index is 1480. The molecule has 2 aromatic carbocycles. The van der Waals surface area contributed by atoms with Crippen LogP contribution >= 0.6 is 11.8 Å². The highest BCUT2D eigenvalue weighted by molar-refractivity contribution is 7.99. The number of nitrogens with zero attached hydrogens (tertiary/aromatic N) is 1. The second-order valence-corrected chi connectivity index (χ2v) is 10.3. The van der Waals surface area contributed by atoms with Crippen molar-refractivity contribution in [2.24, 2.45) is 0 Å². The van der Waals surface area contributed by atoms with Gasteiger partial charge in [-0.1, -0.05) is 55.6 Å². The van der Waals surface area contributed by atoms with Gasteiger partial charge in [0.15, 0.2) is 11.6 Å². The number of thioether (sulfide) groups is 1. The second-order valence-electron chi connectivity index (χ2n) is 9.30. The van der Waals surface area contributed by atoms with Crippen molar-refractivity contribution in [2.45, 2.75) is 30.8 Å². The zero-order valence-electron chi connectivity index (χ0n) is 22.0.